The zero-order chi connectivity index (χ0) is 13.1. The molecule has 0 spiro atoms. The lowest BCUT2D eigenvalue weighted by atomic mass is 10.2. The van der Waals surface area contributed by atoms with E-state index in [4.69, 9.17) is 0 Å². The number of halogens is 1. The van der Waals surface area contributed by atoms with Crippen LogP contribution in [0.5, 0.6) is 0 Å². The number of nitrogens with one attached hydrogen (secondary N) is 2. The van der Waals surface area contributed by atoms with E-state index in [9.17, 15) is 9.59 Å². The summed E-state index contributed by atoms with van der Waals surface area (Å²) in [5, 5.41) is 5.46. The van der Waals surface area contributed by atoms with Gasteiger partial charge >= 0.3 is 0 Å². The van der Waals surface area contributed by atoms with E-state index < -0.39 is 0 Å². The van der Waals surface area contributed by atoms with Crippen molar-refractivity contribution in [2.24, 2.45) is 0 Å². The highest BCUT2D eigenvalue weighted by Gasteiger charge is 2.17. The van der Waals surface area contributed by atoms with E-state index in [2.05, 4.69) is 33.1 Å². The largest absolute Gasteiger partial charge is 0.347 e. The molecule has 1 heterocycles. The fraction of sp³-hybridized carbons (Fsp3) is 0.167. The van der Waals surface area contributed by atoms with Crippen molar-refractivity contribution in [3.63, 3.8) is 0 Å². The predicted octanol–water partition coefficient (Wildman–Crippen LogP) is 2.37. The molecular formula is C12H11BrN2O2S. The van der Waals surface area contributed by atoms with E-state index >= 15 is 0 Å². The van der Waals surface area contributed by atoms with Crippen LogP contribution in [0, 0.1) is 0 Å². The maximum Gasteiger partial charge on any atom is 0.251 e. The molecule has 1 aliphatic heterocycles. The topological polar surface area (TPSA) is 58.2 Å². The summed E-state index contributed by atoms with van der Waals surface area (Å²) in [6.45, 7) is 4.01. The zero-order valence-corrected chi connectivity index (χ0v) is 11.9. The Hall–Kier alpha value is -1.27. The molecule has 2 rings (SSSR count). The molecule has 0 unspecified atom stereocenters. The van der Waals surface area contributed by atoms with Crippen LogP contribution in [-0.2, 0) is 4.79 Å². The molecule has 0 aromatic heterocycles. The Labute approximate surface area is 117 Å². The number of thioether (sulfide) groups is 1. The fourth-order valence-electron chi connectivity index (χ4n) is 1.50. The van der Waals surface area contributed by atoms with Gasteiger partial charge in [-0.1, -0.05) is 22.5 Å². The normalized spacial score (nSPS) is 13.5. The first-order valence-corrected chi connectivity index (χ1v) is 7.02. The number of hydrogen-bond donors (Lipinski definition) is 2. The number of hydrogen-bond acceptors (Lipinski definition) is 3. The second-order valence-corrected chi connectivity index (χ2v) is 5.89. The average molecular weight is 327 g/mol. The standard InChI is InChI=1S/C12H11BrN2O2S/c1-7(13)5-14-12(17)8-2-3-10-9(4-8)15-11(16)6-18-10/h2-4H,1,5-6H2,(H,14,17)(H,15,16). The smallest absolute Gasteiger partial charge is 0.251 e. The van der Waals surface area contributed by atoms with E-state index in [0.29, 0.717) is 28.0 Å². The summed E-state index contributed by atoms with van der Waals surface area (Å²) in [7, 11) is 0. The lowest BCUT2D eigenvalue weighted by molar-refractivity contribution is -0.113. The number of benzene rings is 1. The molecule has 4 nitrogen and oxygen atoms in total. The van der Waals surface area contributed by atoms with Crippen LogP contribution < -0.4 is 10.6 Å². The van der Waals surface area contributed by atoms with Gasteiger partial charge in [-0.2, -0.15) is 0 Å². The highest BCUT2D eigenvalue weighted by molar-refractivity contribution is 9.11. The van der Waals surface area contributed by atoms with Gasteiger partial charge in [0.2, 0.25) is 5.91 Å². The quantitative estimate of drug-likeness (QED) is 0.896. The van der Waals surface area contributed by atoms with Gasteiger partial charge < -0.3 is 10.6 Å². The minimum absolute atomic E-state index is 0.0427. The molecule has 0 radical (unpaired) electrons. The van der Waals surface area contributed by atoms with Crippen LogP contribution in [0.15, 0.2) is 34.2 Å². The van der Waals surface area contributed by atoms with Gasteiger partial charge in [-0.05, 0) is 18.2 Å². The molecule has 2 amide bonds. The number of carbonyl (C=O) groups is 2. The lowest BCUT2D eigenvalue weighted by Gasteiger charge is -2.16. The minimum atomic E-state index is -0.191. The summed E-state index contributed by atoms with van der Waals surface area (Å²) >= 11 is 4.64. The molecule has 0 saturated heterocycles. The van der Waals surface area contributed by atoms with Crippen molar-refractivity contribution < 1.29 is 9.59 Å². The molecule has 94 valence electrons. The Morgan fingerprint density at radius 2 is 2.33 bits per heavy atom. The third-order valence-corrected chi connectivity index (χ3v) is 3.67. The maximum absolute atomic E-state index is 11.8. The Morgan fingerprint density at radius 1 is 1.56 bits per heavy atom. The van der Waals surface area contributed by atoms with Crippen LogP contribution in [0.4, 0.5) is 5.69 Å². The molecule has 0 saturated carbocycles. The number of fused-ring (bicyclic) bond motifs is 1. The second kappa shape index (κ2) is 5.58. The van der Waals surface area contributed by atoms with E-state index in [1.54, 1.807) is 12.1 Å². The van der Waals surface area contributed by atoms with Gasteiger partial charge in [-0.3, -0.25) is 9.59 Å². The van der Waals surface area contributed by atoms with Crippen molar-refractivity contribution >= 4 is 45.2 Å². The van der Waals surface area contributed by atoms with Crippen molar-refractivity contribution in [1.82, 2.24) is 5.32 Å². The van der Waals surface area contributed by atoms with Gasteiger partial charge in [0.25, 0.3) is 5.91 Å². The highest BCUT2D eigenvalue weighted by Crippen LogP contribution is 2.31. The molecule has 0 fully saturated rings. The summed E-state index contributed by atoms with van der Waals surface area (Å²) in [5.41, 5.74) is 1.21. The lowest BCUT2D eigenvalue weighted by Crippen LogP contribution is -2.25. The highest BCUT2D eigenvalue weighted by atomic mass is 79.9. The summed E-state index contributed by atoms with van der Waals surface area (Å²) < 4.78 is 0.706. The van der Waals surface area contributed by atoms with E-state index in [1.165, 1.54) is 11.8 Å². The second-order valence-electron chi connectivity index (χ2n) is 3.75. The van der Waals surface area contributed by atoms with E-state index in [-0.39, 0.29) is 11.8 Å². The van der Waals surface area contributed by atoms with Crippen molar-refractivity contribution in [1.29, 1.82) is 0 Å². The Morgan fingerprint density at radius 3 is 3.06 bits per heavy atom. The van der Waals surface area contributed by atoms with Gasteiger partial charge in [0.1, 0.15) is 0 Å². The van der Waals surface area contributed by atoms with E-state index in [1.807, 2.05) is 6.07 Å². The monoisotopic (exact) mass is 326 g/mol. The van der Waals surface area contributed by atoms with Gasteiger partial charge in [0, 0.05) is 21.5 Å². The van der Waals surface area contributed by atoms with Gasteiger partial charge in [0.15, 0.2) is 0 Å². The molecule has 0 aliphatic carbocycles. The van der Waals surface area contributed by atoms with Crippen molar-refractivity contribution in [2.45, 2.75) is 4.90 Å². The average Bonchev–Trinajstić information content (AvgIpc) is 2.34. The SMILES string of the molecule is C=C(Br)CNC(=O)c1ccc2c(c1)NC(=O)CS2. The third kappa shape index (κ3) is 3.14. The van der Waals surface area contributed by atoms with Crippen LogP contribution in [0.25, 0.3) is 0 Å². The first-order valence-electron chi connectivity index (χ1n) is 5.24. The first kappa shape index (κ1) is 13.2. The first-order chi connectivity index (χ1) is 8.56. The van der Waals surface area contributed by atoms with Crippen LogP contribution >= 0.6 is 27.7 Å². The molecule has 1 aromatic carbocycles. The summed E-state index contributed by atoms with van der Waals surface area (Å²) in [4.78, 5) is 24.1. The molecule has 18 heavy (non-hydrogen) atoms. The number of anilines is 1. The summed E-state index contributed by atoms with van der Waals surface area (Å²) in [6.07, 6.45) is 0. The molecule has 0 atom stereocenters. The Balaban J connectivity index is 2.15. The van der Waals surface area contributed by atoms with Crippen LogP contribution in [0.2, 0.25) is 0 Å². The molecule has 1 aliphatic rings. The summed E-state index contributed by atoms with van der Waals surface area (Å²) in [5.74, 6) is 0.184. The Bertz CT molecular complexity index is 531. The van der Waals surface area contributed by atoms with Crippen molar-refractivity contribution in [3.8, 4) is 0 Å². The van der Waals surface area contributed by atoms with Crippen LogP contribution in [0.3, 0.4) is 0 Å². The van der Waals surface area contributed by atoms with Crippen LogP contribution in [0.1, 0.15) is 10.4 Å². The summed E-state index contributed by atoms with van der Waals surface area (Å²) in [6, 6.07) is 5.28. The van der Waals surface area contributed by atoms with Crippen molar-refractivity contribution in [3.05, 3.63) is 34.8 Å². The zero-order valence-electron chi connectivity index (χ0n) is 9.46. The Kier molecular flexibility index (Phi) is 4.08. The van der Waals surface area contributed by atoms with E-state index in [0.717, 1.165) is 4.90 Å². The molecule has 6 heteroatoms. The molecular weight excluding hydrogens is 316 g/mol. The number of carbonyl (C=O) groups excluding carboxylic acids is 2. The molecule has 2 N–H and O–H groups in total. The minimum Gasteiger partial charge on any atom is -0.347 e. The molecule has 0 bridgehead atoms. The predicted molar refractivity (Wildman–Crippen MR) is 76.2 cm³/mol. The fourth-order valence-corrected chi connectivity index (χ4v) is 2.43. The molecule has 1 aromatic rings. The van der Waals surface area contributed by atoms with Crippen molar-refractivity contribution in [2.75, 3.05) is 17.6 Å². The van der Waals surface area contributed by atoms with Gasteiger partial charge in [-0.25, -0.2) is 0 Å². The van der Waals surface area contributed by atoms with Gasteiger partial charge in [0.05, 0.1) is 11.4 Å². The third-order valence-electron chi connectivity index (χ3n) is 2.32. The number of amides is 2. The van der Waals surface area contributed by atoms with Gasteiger partial charge in [-0.15, -0.1) is 11.8 Å². The van der Waals surface area contributed by atoms with Crippen LogP contribution in [-0.4, -0.2) is 24.1 Å². The number of rotatable bonds is 3. The maximum atomic E-state index is 11.8.